The monoisotopic (exact) mass is 336 g/mol. The third-order valence-electron chi connectivity index (χ3n) is 4.44. The van der Waals surface area contributed by atoms with Crippen molar-refractivity contribution in [2.75, 3.05) is 14.2 Å². The molecule has 7 nitrogen and oxygen atoms in total. The number of hydrogen-bond donors (Lipinski definition) is 0. The summed E-state index contributed by atoms with van der Waals surface area (Å²) in [5, 5.41) is 2.98. The Labute approximate surface area is 141 Å². The predicted molar refractivity (Wildman–Crippen MR) is 89.8 cm³/mol. The largest absolute Gasteiger partial charge is 0.493 e. The first-order valence-corrected chi connectivity index (χ1v) is 8.05. The number of hydrogen-bond acceptors (Lipinski definition) is 6. The number of piperidine rings is 1. The molecule has 0 aromatic heterocycles. The minimum atomic E-state index is -0.374. The van der Waals surface area contributed by atoms with E-state index < -0.39 is 0 Å². The quantitative estimate of drug-likeness (QED) is 0.759. The van der Waals surface area contributed by atoms with Crippen LogP contribution < -0.4 is 9.47 Å². The molecule has 0 bridgehead atoms. The summed E-state index contributed by atoms with van der Waals surface area (Å²) in [7, 11) is 2.98. The molecule has 1 aromatic carbocycles. The molecule has 0 radical (unpaired) electrons. The number of amides is 1. The van der Waals surface area contributed by atoms with E-state index >= 15 is 0 Å². The Balaban J connectivity index is 2.13. The number of ether oxygens (including phenoxy) is 3. The molecule has 1 amide bonds. The van der Waals surface area contributed by atoms with Crippen LogP contribution >= 0.6 is 0 Å². The molecular formula is C17H24N2O5. The van der Waals surface area contributed by atoms with Crippen molar-refractivity contribution in [2.45, 2.75) is 51.8 Å². The van der Waals surface area contributed by atoms with E-state index in [9.17, 15) is 9.70 Å². The van der Waals surface area contributed by atoms with Crippen LogP contribution in [0.25, 0.3) is 0 Å². The Kier molecular flexibility index (Phi) is 6.00. The lowest BCUT2D eigenvalue weighted by atomic mass is 9.98. The van der Waals surface area contributed by atoms with Crippen LogP contribution in [0.5, 0.6) is 11.5 Å². The maximum absolute atomic E-state index is 12.4. The Morgan fingerprint density at radius 3 is 2.29 bits per heavy atom. The molecule has 1 heterocycles. The molecule has 132 valence electrons. The summed E-state index contributed by atoms with van der Waals surface area (Å²) in [6.45, 7) is 3.99. The molecule has 1 aliphatic heterocycles. The van der Waals surface area contributed by atoms with E-state index in [0.717, 1.165) is 19.3 Å². The molecule has 1 saturated heterocycles. The van der Waals surface area contributed by atoms with E-state index in [1.807, 2.05) is 13.8 Å². The summed E-state index contributed by atoms with van der Waals surface area (Å²) in [6, 6.07) is 3.37. The zero-order valence-electron chi connectivity index (χ0n) is 14.6. The third kappa shape index (κ3) is 3.77. The van der Waals surface area contributed by atoms with Gasteiger partial charge in [-0.05, 0) is 44.4 Å². The van der Waals surface area contributed by atoms with Gasteiger partial charge in [-0.3, -0.25) is 0 Å². The summed E-state index contributed by atoms with van der Waals surface area (Å²) < 4.78 is 15.8. The van der Waals surface area contributed by atoms with Crippen molar-refractivity contribution in [3.63, 3.8) is 0 Å². The van der Waals surface area contributed by atoms with Crippen LogP contribution in [0.1, 0.15) is 38.7 Å². The fraction of sp³-hybridized carbons (Fsp3) is 0.588. The molecule has 0 saturated carbocycles. The Hall–Kier alpha value is -2.31. The van der Waals surface area contributed by atoms with Crippen molar-refractivity contribution in [1.82, 2.24) is 4.90 Å². The molecule has 24 heavy (non-hydrogen) atoms. The van der Waals surface area contributed by atoms with Gasteiger partial charge in [0.25, 0.3) is 0 Å². The molecule has 2 unspecified atom stereocenters. The fourth-order valence-corrected chi connectivity index (χ4v) is 3.11. The van der Waals surface area contributed by atoms with Gasteiger partial charge in [-0.2, -0.15) is 0 Å². The lowest BCUT2D eigenvalue weighted by molar-refractivity contribution is 0.0510. The molecule has 7 heteroatoms. The lowest BCUT2D eigenvalue weighted by Crippen LogP contribution is -2.47. The Bertz CT molecular complexity index is 595. The molecule has 2 atom stereocenters. The summed E-state index contributed by atoms with van der Waals surface area (Å²) >= 11 is 0. The van der Waals surface area contributed by atoms with Gasteiger partial charge in [0.05, 0.1) is 14.2 Å². The predicted octanol–water partition coefficient (Wildman–Crippen LogP) is 4.00. The molecule has 0 N–H and O–H groups in total. The van der Waals surface area contributed by atoms with Gasteiger partial charge in [0.15, 0.2) is 11.5 Å². The first kappa shape index (κ1) is 18.0. The van der Waals surface area contributed by atoms with E-state index in [1.165, 1.54) is 20.3 Å². The zero-order chi connectivity index (χ0) is 17.7. The van der Waals surface area contributed by atoms with Gasteiger partial charge in [0.1, 0.15) is 12.3 Å². The lowest BCUT2D eigenvalue weighted by Gasteiger charge is -2.38. The highest BCUT2D eigenvalue weighted by Gasteiger charge is 2.30. The van der Waals surface area contributed by atoms with Crippen LogP contribution in [0.2, 0.25) is 0 Å². The van der Waals surface area contributed by atoms with Gasteiger partial charge in [-0.1, -0.05) is 0 Å². The number of carbonyl (C=O) groups is 1. The van der Waals surface area contributed by atoms with Crippen LogP contribution in [0.4, 0.5) is 10.5 Å². The van der Waals surface area contributed by atoms with Gasteiger partial charge >= 0.3 is 6.09 Å². The van der Waals surface area contributed by atoms with E-state index in [4.69, 9.17) is 14.2 Å². The Morgan fingerprint density at radius 1 is 1.17 bits per heavy atom. The summed E-state index contributed by atoms with van der Waals surface area (Å²) in [5.41, 5.74) is 0.647. The summed E-state index contributed by atoms with van der Waals surface area (Å²) in [6.07, 6.45) is 2.68. The first-order chi connectivity index (χ1) is 11.5. The molecule has 1 fully saturated rings. The molecular weight excluding hydrogens is 312 g/mol. The molecule has 1 aliphatic rings. The minimum Gasteiger partial charge on any atom is -0.493 e. The van der Waals surface area contributed by atoms with Gasteiger partial charge < -0.3 is 19.1 Å². The van der Waals surface area contributed by atoms with Crippen molar-refractivity contribution < 1.29 is 19.0 Å². The van der Waals surface area contributed by atoms with Gasteiger partial charge in [-0.15, -0.1) is 4.91 Å². The number of rotatable bonds is 5. The highest BCUT2D eigenvalue weighted by atomic mass is 16.6. The van der Waals surface area contributed by atoms with Crippen molar-refractivity contribution in [3.8, 4) is 11.5 Å². The zero-order valence-corrected chi connectivity index (χ0v) is 14.6. The smallest absolute Gasteiger partial charge is 0.410 e. The van der Waals surface area contributed by atoms with Crippen LogP contribution in [0.3, 0.4) is 0 Å². The van der Waals surface area contributed by atoms with E-state index in [1.54, 1.807) is 11.0 Å². The molecule has 0 aliphatic carbocycles. The number of likely N-dealkylation sites (tertiary alicyclic amines) is 1. The van der Waals surface area contributed by atoms with Crippen molar-refractivity contribution in [1.29, 1.82) is 0 Å². The number of nitroso groups, excluding NO2 is 1. The summed E-state index contributed by atoms with van der Waals surface area (Å²) in [5.74, 6) is 0.858. The van der Waals surface area contributed by atoms with Crippen LogP contribution in [-0.2, 0) is 11.3 Å². The second kappa shape index (κ2) is 7.99. The standard InChI is InChI=1S/C17H24N2O5/c1-11-6-5-7-12(2)19(11)17(20)24-10-13-8-15(22-3)16(23-4)9-14(13)18-21/h8-9,11-12H,5-7,10H2,1-4H3. The third-order valence-corrected chi connectivity index (χ3v) is 4.44. The van der Waals surface area contributed by atoms with E-state index in [2.05, 4.69) is 5.18 Å². The van der Waals surface area contributed by atoms with E-state index in [0.29, 0.717) is 17.1 Å². The summed E-state index contributed by atoms with van der Waals surface area (Å²) in [4.78, 5) is 25.2. The molecule has 0 spiro atoms. The van der Waals surface area contributed by atoms with E-state index in [-0.39, 0.29) is 30.5 Å². The van der Waals surface area contributed by atoms with Crippen LogP contribution in [0.15, 0.2) is 17.3 Å². The first-order valence-electron chi connectivity index (χ1n) is 8.05. The van der Waals surface area contributed by atoms with Gasteiger partial charge in [-0.25, -0.2) is 4.79 Å². The number of methoxy groups -OCH3 is 2. The van der Waals surface area contributed by atoms with Crippen LogP contribution in [-0.4, -0.2) is 37.3 Å². The number of nitrogens with zero attached hydrogens (tertiary/aromatic N) is 2. The van der Waals surface area contributed by atoms with Gasteiger partial charge in [0, 0.05) is 23.7 Å². The molecule has 2 rings (SSSR count). The highest BCUT2D eigenvalue weighted by Crippen LogP contribution is 2.35. The Morgan fingerprint density at radius 2 is 1.75 bits per heavy atom. The second-order valence-corrected chi connectivity index (χ2v) is 6.02. The van der Waals surface area contributed by atoms with Gasteiger partial charge in [0.2, 0.25) is 0 Å². The minimum absolute atomic E-state index is 0.0454. The van der Waals surface area contributed by atoms with Crippen molar-refractivity contribution >= 4 is 11.8 Å². The second-order valence-electron chi connectivity index (χ2n) is 6.02. The number of carbonyl (C=O) groups excluding carboxylic acids is 1. The van der Waals surface area contributed by atoms with Crippen LogP contribution in [0, 0.1) is 4.91 Å². The average Bonchev–Trinajstić information content (AvgIpc) is 2.58. The maximum atomic E-state index is 12.4. The topological polar surface area (TPSA) is 77.4 Å². The highest BCUT2D eigenvalue weighted by molar-refractivity contribution is 5.69. The van der Waals surface area contributed by atoms with Crippen molar-refractivity contribution in [2.24, 2.45) is 5.18 Å². The maximum Gasteiger partial charge on any atom is 0.410 e. The SMILES string of the molecule is COc1cc(COC(=O)N2C(C)CCCC2C)c(N=O)cc1OC. The normalized spacial score (nSPS) is 20.4. The fourth-order valence-electron chi connectivity index (χ4n) is 3.11. The number of benzene rings is 1. The van der Waals surface area contributed by atoms with Crippen molar-refractivity contribution in [3.05, 3.63) is 22.6 Å². The average molecular weight is 336 g/mol. The molecule has 1 aromatic rings.